The average Bonchev–Trinajstić information content (AvgIpc) is 2.97. The van der Waals surface area contributed by atoms with Gasteiger partial charge in [-0.05, 0) is 57.2 Å². The zero-order chi connectivity index (χ0) is 14.7. The van der Waals surface area contributed by atoms with Crippen molar-refractivity contribution in [1.29, 1.82) is 0 Å². The molecule has 0 atom stereocenters. The third kappa shape index (κ3) is 3.64. The number of benzene rings is 1. The molecule has 1 aromatic carbocycles. The second-order valence-electron chi connectivity index (χ2n) is 5.52. The molecule has 0 spiro atoms. The third-order valence-electron chi connectivity index (χ3n) is 4.00. The summed E-state index contributed by atoms with van der Waals surface area (Å²) < 4.78 is 5.86. The van der Waals surface area contributed by atoms with Crippen LogP contribution >= 0.6 is 11.6 Å². The molecule has 0 aliphatic carbocycles. The Morgan fingerprint density at radius 2 is 2.00 bits per heavy atom. The van der Waals surface area contributed by atoms with E-state index in [0.29, 0.717) is 6.04 Å². The highest BCUT2D eigenvalue weighted by molar-refractivity contribution is 6.30. The summed E-state index contributed by atoms with van der Waals surface area (Å²) in [7, 11) is 2.14. The number of nitrogens with zero attached hydrogens (tertiary/aromatic N) is 2. The topological polar surface area (TPSA) is 41.3 Å². The predicted octanol–water partition coefficient (Wildman–Crippen LogP) is 3.18. The molecule has 1 saturated heterocycles. The number of oxazole rings is 1. The van der Waals surface area contributed by atoms with E-state index in [1.165, 1.54) is 12.8 Å². The van der Waals surface area contributed by atoms with Crippen LogP contribution < -0.4 is 5.32 Å². The second-order valence-corrected chi connectivity index (χ2v) is 5.96. The van der Waals surface area contributed by atoms with E-state index in [0.717, 1.165) is 41.9 Å². The average molecular weight is 306 g/mol. The van der Waals surface area contributed by atoms with Crippen molar-refractivity contribution in [3.05, 3.63) is 41.4 Å². The first-order chi connectivity index (χ1) is 10.2. The van der Waals surface area contributed by atoms with Gasteiger partial charge in [0.1, 0.15) is 0 Å². The predicted molar refractivity (Wildman–Crippen MR) is 84.3 cm³/mol. The van der Waals surface area contributed by atoms with Gasteiger partial charge in [0.15, 0.2) is 5.76 Å². The Kier molecular flexibility index (Phi) is 4.58. The van der Waals surface area contributed by atoms with Gasteiger partial charge in [-0.3, -0.25) is 4.90 Å². The van der Waals surface area contributed by atoms with Gasteiger partial charge in [-0.25, -0.2) is 4.98 Å². The molecule has 5 heteroatoms. The highest BCUT2D eigenvalue weighted by Gasteiger charge is 2.19. The summed E-state index contributed by atoms with van der Waals surface area (Å²) >= 11 is 5.90. The SMILES string of the molecule is CN(Cc1ncc(-c2ccc(Cl)cc2)o1)C1CCNCC1. The lowest BCUT2D eigenvalue weighted by Gasteiger charge is -2.30. The van der Waals surface area contributed by atoms with Crippen LogP contribution in [0.15, 0.2) is 34.9 Å². The van der Waals surface area contributed by atoms with E-state index < -0.39 is 0 Å². The molecule has 1 N–H and O–H groups in total. The van der Waals surface area contributed by atoms with Crippen LogP contribution in [0.5, 0.6) is 0 Å². The lowest BCUT2D eigenvalue weighted by molar-refractivity contribution is 0.177. The van der Waals surface area contributed by atoms with Crippen LogP contribution in [-0.2, 0) is 6.54 Å². The third-order valence-corrected chi connectivity index (χ3v) is 4.25. The highest BCUT2D eigenvalue weighted by Crippen LogP contribution is 2.23. The van der Waals surface area contributed by atoms with Crippen LogP contribution in [0.25, 0.3) is 11.3 Å². The molecule has 0 saturated carbocycles. The minimum Gasteiger partial charge on any atom is -0.439 e. The van der Waals surface area contributed by atoms with Crippen molar-refractivity contribution < 1.29 is 4.42 Å². The van der Waals surface area contributed by atoms with Crippen molar-refractivity contribution in [2.75, 3.05) is 20.1 Å². The molecule has 0 amide bonds. The van der Waals surface area contributed by atoms with Gasteiger partial charge in [-0.1, -0.05) is 11.6 Å². The number of aromatic nitrogens is 1. The van der Waals surface area contributed by atoms with Crippen LogP contribution in [-0.4, -0.2) is 36.1 Å². The molecule has 1 aliphatic rings. The Morgan fingerprint density at radius 3 is 2.71 bits per heavy atom. The monoisotopic (exact) mass is 305 g/mol. The van der Waals surface area contributed by atoms with Gasteiger partial charge in [0, 0.05) is 16.6 Å². The van der Waals surface area contributed by atoms with Gasteiger partial charge in [0.2, 0.25) is 5.89 Å². The van der Waals surface area contributed by atoms with Gasteiger partial charge in [-0.2, -0.15) is 0 Å². The van der Waals surface area contributed by atoms with E-state index in [1.807, 2.05) is 24.3 Å². The van der Waals surface area contributed by atoms with Crippen LogP contribution in [0.3, 0.4) is 0 Å². The molecule has 2 heterocycles. The second kappa shape index (κ2) is 6.60. The smallest absolute Gasteiger partial charge is 0.209 e. The summed E-state index contributed by atoms with van der Waals surface area (Å²) in [4.78, 5) is 6.72. The summed E-state index contributed by atoms with van der Waals surface area (Å²) in [5.41, 5.74) is 1.00. The van der Waals surface area contributed by atoms with E-state index in [1.54, 1.807) is 6.20 Å². The van der Waals surface area contributed by atoms with E-state index >= 15 is 0 Å². The molecule has 0 unspecified atom stereocenters. The molecule has 3 rings (SSSR count). The van der Waals surface area contributed by atoms with E-state index in [-0.39, 0.29) is 0 Å². The van der Waals surface area contributed by atoms with Crippen LogP contribution in [0.4, 0.5) is 0 Å². The van der Waals surface area contributed by atoms with E-state index in [9.17, 15) is 0 Å². The quantitative estimate of drug-likeness (QED) is 0.942. The summed E-state index contributed by atoms with van der Waals surface area (Å²) in [6, 6.07) is 8.23. The van der Waals surface area contributed by atoms with Gasteiger partial charge >= 0.3 is 0 Å². The fraction of sp³-hybridized carbons (Fsp3) is 0.438. The van der Waals surface area contributed by atoms with Crippen molar-refractivity contribution in [3.8, 4) is 11.3 Å². The first-order valence-electron chi connectivity index (χ1n) is 7.34. The maximum Gasteiger partial charge on any atom is 0.209 e. The molecule has 2 aromatic rings. The Morgan fingerprint density at radius 1 is 1.29 bits per heavy atom. The maximum absolute atomic E-state index is 5.90. The maximum atomic E-state index is 5.90. The summed E-state index contributed by atoms with van der Waals surface area (Å²) in [6.45, 7) is 2.94. The molecule has 4 nitrogen and oxygen atoms in total. The van der Waals surface area contributed by atoms with Crippen molar-refractivity contribution in [2.45, 2.75) is 25.4 Å². The zero-order valence-corrected chi connectivity index (χ0v) is 12.9. The molecule has 0 bridgehead atoms. The number of piperidine rings is 1. The summed E-state index contributed by atoms with van der Waals surface area (Å²) in [5.74, 6) is 1.56. The minimum atomic E-state index is 0.608. The fourth-order valence-electron chi connectivity index (χ4n) is 2.72. The van der Waals surface area contributed by atoms with Crippen molar-refractivity contribution >= 4 is 11.6 Å². The van der Waals surface area contributed by atoms with Crippen molar-refractivity contribution in [1.82, 2.24) is 15.2 Å². The number of halogens is 1. The Bertz CT molecular complexity index is 575. The number of hydrogen-bond donors (Lipinski definition) is 1. The molecule has 1 aromatic heterocycles. The normalized spacial score (nSPS) is 16.5. The Balaban J connectivity index is 1.65. The number of hydrogen-bond acceptors (Lipinski definition) is 4. The number of nitrogens with one attached hydrogen (secondary N) is 1. The van der Waals surface area contributed by atoms with Gasteiger partial charge in [0.25, 0.3) is 0 Å². The molecule has 0 radical (unpaired) electrons. The Labute approximate surface area is 130 Å². The first-order valence-corrected chi connectivity index (χ1v) is 7.72. The molecular weight excluding hydrogens is 286 g/mol. The molecule has 1 fully saturated rings. The minimum absolute atomic E-state index is 0.608. The molecule has 112 valence electrons. The summed E-state index contributed by atoms with van der Waals surface area (Å²) in [6.07, 6.45) is 4.15. The van der Waals surface area contributed by atoms with Crippen LogP contribution in [0.2, 0.25) is 5.02 Å². The molecule has 1 aliphatic heterocycles. The van der Waals surface area contributed by atoms with Gasteiger partial charge in [-0.15, -0.1) is 0 Å². The zero-order valence-electron chi connectivity index (χ0n) is 12.2. The lowest BCUT2D eigenvalue weighted by atomic mass is 10.1. The van der Waals surface area contributed by atoms with E-state index in [4.69, 9.17) is 16.0 Å². The van der Waals surface area contributed by atoms with Crippen LogP contribution in [0, 0.1) is 0 Å². The highest BCUT2D eigenvalue weighted by atomic mass is 35.5. The largest absolute Gasteiger partial charge is 0.439 e. The summed E-state index contributed by atoms with van der Waals surface area (Å²) in [5, 5.41) is 4.11. The Hall–Kier alpha value is -1.36. The van der Waals surface area contributed by atoms with E-state index in [2.05, 4.69) is 22.2 Å². The number of rotatable bonds is 4. The molecular formula is C16H20ClN3O. The van der Waals surface area contributed by atoms with Crippen molar-refractivity contribution in [2.24, 2.45) is 0 Å². The molecule has 21 heavy (non-hydrogen) atoms. The fourth-order valence-corrected chi connectivity index (χ4v) is 2.85. The van der Waals surface area contributed by atoms with Gasteiger partial charge in [0.05, 0.1) is 12.7 Å². The van der Waals surface area contributed by atoms with Crippen LogP contribution in [0.1, 0.15) is 18.7 Å². The first kappa shape index (κ1) is 14.6. The van der Waals surface area contributed by atoms with Crippen molar-refractivity contribution in [3.63, 3.8) is 0 Å². The van der Waals surface area contributed by atoms with Gasteiger partial charge < -0.3 is 9.73 Å². The standard InChI is InChI=1S/C16H20ClN3O/c1-20(14-6-8-18-9-7-14)11-16-19-10-15(21-16)12-2-4-13(17)5-3-12/h2-5,10,14,18H,6-9,11H2,1H3. The lowest BCUT2D eigenvalue weighted by Crippen LogP contribution is -2.40.